The van der Waals surface area contributed by atoms with E-state index >= 15 is 0 Å². The minimum Gasteiger partial charge on any atom is -0.465 e. The van der Waals surface area contributed by atoms with Crippen molar-refractivity contribution in [2.24, 2.45) is 0 Å². The first-order chi connectivity index (χ1) is 10.9. The number of hydrogen-bond donors (Lipinski definition) is 1. The topological polar surface area (TPSA) is 113 Å². The molecule has 2 aromatic rings. The van der Waals surface area contributed by atoms with Gasteiger partial charge in [-0.3, -0.25) is 10.1 Å². The number of benzene rings is 1. The van der Waals surface area contributed by atoms with Crippen LogP contribution in [0, 0.1) is 10.1 Å². The Balaban J connectivity index is 1.86. The van der Waals surface area contributed by atoms with Gasteiger partial charge >= 0.3 is 6.09 Å². The molecule has 2 heterocycles. The molecule has 23 heavy (non-hydrogen) atoms. The van der Waals surface area contributed by atoms with Crippen molar-refractivity contribution >= 4 is 40.2 Å². The zero-order valence-corrected chi connectivity index (χ0v) is 12.8. The van der Waals surface area contributed by atoms with Gasteiger partial charge in [-0.1, -0.05) is 11.6 Å². The van der Waals surface area contributed by atoms with E-state index in [2.05, 4.69) is 9.97 Å². The number of anilines is 1. The second kappa shape index (κ2) is 5.51. The Kier molecular flexibility index (Phi) is 3.64. The van der Waals surface area contributed by atoms with Gasteiger partial charge in [0, 0.05) is 32.3 Å². The second-order valence-corrected chi connectivity index (χ2v) is 5.58. The van der Waals surface area contributed by atoms with Gasteiger partial charge in [0.2, 0.25) is 0 Å². The van der Waals surface area contributed by atoms with Crippen molar-refractivity contribution in [2.45, 2.75) is 6.04 Å². The molecule has 9 nitrogen and oxygen atoms in total. The molecule has 3 rings (SSSR count). The largest absolute Gasteiger partial charge is 0.465 e. The van der Waals surface area contributed by atoms with Crippen LogP contribution in [0.4, 0.5) is 16.3 Å². The molecule has 0 spiro atoms. The second-order valence-electron chi connectivity index (χ2n) is 5.22. The molecular weight excluding hydrogens is 326 g/mol. The average Bonchev–Trinajstić information content (AvgIpc) is 2.45. The molecule has 0 radical (unpaired) electrons. The summed E-state index contributed by atoms with van der Waals surface area (Å²) < 4.78 is 0. The van der Waals surface area contributed by atoms with Gasteiger partial charge in [0.05, 0.1) is 22.0 Å². The highest BCUT2D eigenvalue weighted by atomic mass is 35.5. The van der Waals surface area contributed by atoms with Crippen LogP contribution in [0.25, 0.3) is 11.0 Å². The molecule has 1 aliphatic rings. The number of carboxylic acid groups (broad SMARTS) is 1. The highest BCUT2D eigenvalue weighted by molar-refractivity contribution is 6.32. The van der Waals surface area contributed by atoms with Crippen LogP contribution >= 0.6 is 11.6 Å². The Hall–Kier alpha value is -2.68. The summed E-state index contributed by atoms with van der Waals surface area (Å²) in [4.78, 5) is 32.8. The van der Waals surface area contributed by atoms with Crippen molar-refractivity contribution in [3.63, 3.8) is 0 Å². The lowest BCUT2D eigenvalue weighted by atomic mass is 10.1. The van der Waals surface area contributed by atoms with Crippen molar-refractivity contribution in [1.29, 1.82) is 0 Å². The maximum atomic E-state index is 10.9. The summed E-state index contributed by atoms with van der Waals surface area (Å²) in [6, 6.07) is 4.06. The van der Waals surface area contributed by atoms with Crippen LogP contribution < -0.4 is 4.90 Å². The number of nitro groups is 1. The highest BCUT2D eigenvalue weighted by Crippen LogP contribution is 2.30. The van der Waals surface area contributed by atoms with Crippen molar-refractivity contribution < 1.29 is 14.8 Å². The van der Waals surface area contributed by atoms with Gasteiger partial charge in [0.15, 0.2) is 11.0 Å². The molecule has 0 saturated carbocycles. The molecular formula is C13H12ClN5O4. The predicted molar refractivity (Wildman–Crippen MR) is 83.0 cm³/mol. The number of halogens is 1. The average molecular weight is 338 g/mol. The van der Waals surface area contributed by atoms with Gasteiger partial charge in [-0.05, 0) is 6.07 Å². The molecule has 1 N–H and O–H groups in total. The third kappa shape index (κ3) is 2.70. The molecule has 1 amide bonds. The Morgan fingerprint density at radius 3 is 2.74 bits per heavy atom. The number of likely N-dealkylation sites (N-methyl/N-ethyl adjacent to an activating group) is 1. The number of non-ortho nitro benzene ring substituents is 1. The number of aromatic nitrogens is 2. The molecule has 1 aliphatic heterocycles. The van der Waals surface area contributed by atoms with Crippen LogP contribution in [0.15, 0.2) is 18.2 Å². The Labute approximate surface area is 135 Å². The minimum atomic E-state index is -0.988. The van der Waals surface area contributed by atoms with E-state index in [0.717, 1.165) is 0 Å². The van der Waals surface area contributed by atoms with Gasteiger partial charge in [-0.15, -0.1) is 0 Å². The minimum absolute atomic E-state index is 0.0808. The first-order valence-electron chi connectivity index (χ1n) is 6.69. The fraction of sp³-hybridized carbons (Fsp3) is 0.308. The summed E-state index contributed by atoms with van der Waals surface area (Å²) in [6.07, 6.45) is -0.988. The monoisotopic (exact) mass is 337 g/mol. The fourth-order valence-electron chi connectivity index (χ4n) is 2.36. The molecule has 1 aromatic heterocycles. The maximum Gasteiger partial charge on any atom is 0.407 e. The Morgan fingerprint density at radius 2 is 2.13 bits per heavy atom. The van der Waals surface area contributed by atoms with Crippen LogP contribution in [-0.2, 0) is 0 Å². The van der Waals surface area contributed by atoms with Gasteiger partial charge in [-0.25, -0.2) is 14.8 Å². The third-order valence-electron chi connectivity index (χ3n) is 3.81. The molecule has 120 valence electrons. The number of fused-ring (bicyclic) bond motifs is 1. The lowest BCUT2D eigenvalue weighted by Gasteiger charge is -2.43. The van der Waals surface area contributed by atoms with Crippen molar-refractivity contribution in [3.8, 4) is 0 Å². The first kappa shape index (κ1) is 15.2. The highest BCUT2D eigenvalue weighted by Gasteiger charge is 2.34. The van der Waals surface area contributed by atoms with Crippen LogP contribution in [0.2, 0.25) is 5.15 Å². The standard InChI is InChI=1S/C13H12ClN5O4/c1-17(13(20)21)8-5-18(6-8)12-11(14)15-10-4-7(19(22)23)2-3-9(10)16-12/h2-4,8H,5-6H2,1H3,(H,20,21). The van der Waals surface area contributed by atoms with Crippen molar-refractivity contribution in [2.75, 3.05) is 25.0 Å². The zero-order valence-electron chi connectivity index (χ0n) is 12.0. The van der Waals surface area contributed by atoms with Gasteiger partial charge < -0.3 is 14.9 Å². The third-order valence-corrected chi connectivity index (χ3v) is 4.06. The van der Waals surface area contributed by atoms with Gasteiger partial charge in [0.1, 0.15) is 0 Å². The number of carbonyl (C=O) groups is 1. The Bertz CT molecular complexity index is 808. The summed E-state index contributed by atoms with van der Waals surface area (Å²) in [5.41, 5.74) is 0.750. The Morgan fingerprint density at radius 1 is 1.43 bits per heavy atom. The number of hydrogen-bond acceptors (Lipinski definition) is 6. The van der Waals surface area contributed by atoms with E-state index in [4.69, 9.17) is 16.7 Å². The lowest BCUT2D eigenvalue weighted by Crippen LogP contribution is -2.60. The zero-order chi connectivity index (χ0) is 16.7. The molecule has 0 atom stereocenters. The van der Waals surface area contributed by atoms with Crippen molar-refractivity contribution in [3.05, 3.63) is 33.5 Å². The first-order valence-corrected chi connectivity index (χ1v) is 7.07. The number of amides is 1. The summed E-state index contributed by atoms with van der Waals surface area (Å²) in [6.45, 7) is 0.936. The van der Waals surface area contributed by atoms with Gasteiger partial charge in [-0.2, -0.15) is 0 Å². The quantitative estimate of drug-likeness (QED) is 0.673. The molecule has 0 bridgehead atoms. The van der Waals surface area contributed by atoms with E-state index in [1.54, 1.807) is 0 Å². The van der Waals surface area contributed by atoms with Gasteiger partial charge in [0.25, 0.3) is 5.69 Å². The van der Waals surface area contributed by atoms with E-state index < -0.39 is 11.0 Å². The molecule has 1 aromatic carbocycles. The van der Waals surface area contributed by atoms with E-state index in [1.807, 2.05) is 4.90 Å². The smallest absolute Gasteiger partial charge is 0.407 e. The van der Waals surface area contributed by atoms with Crippen LogP contribution in [0.3, 0.4) is 0 Å². The lowest BCUT2D eigenvalue weighted by molar-refractivity contribution is -0.384. The summed E-state index contributed by atoms with van der Waals surface area (Å²) in [5.74, 6) is 0.447. The number of rotatable bonds is 3. The summed E-state index contributed by atoms with van der Waals surface area (Å²) in [7, 11) is 1.51. The normalized spacial score (nSPS) is 14.6. The predicted octanol–water partition coefficient (Wildman–Crippen LogP) is 1.99. The molecule has 10 heteroatoms. The van der Waals surface area contributed by atoms with Crippen LogP contribution in [0.5, 0.6) is 0 Å². The van der Waals surface area contributed by atoms with Crippen molar-refractivity contribution in [1.82, 2.24) is 14.9 Å². The SMILES string of the molecule is CN(C(=O)O)C1CN(c2nc3ccc([N+](=O)[O-])cc3nc2Cl)C1. The molecule has 1 fully saturated rings. The molecule has 1 saturated heterocycles. The maximum absolute atomic E-state index is 10.9. The number of nitrogens with zero attached hydrogens (tertiary/aromatic N) is 5. The summed E-state index contributed by atoms with van der Waals surface area (Å²) >= 11 is 6.12. The summed E-state index contributed by atoms with van der Waals surface area (Å²) in [5, 5.41) is 19.9. The van der Waals surface area contributed by atoms with Crippen LogP contribution in [0.1, 0.15) is 0 Å². The van der Waals surface area contributed by atoms with E-state index in [1.165, 1.54) is 30.1 Å². The fourth-order valence-corrected chi connectivity index (χ4v) is 2.61. The molecule has 0 aliphatic carbocycles. The van der Waals surface area contributed by atoms with E-state index in [0.29, 0.717) is 29.9 Å². The van der Waals surface area contributed by atoms with E-state index in [9.17, 15) is 14.9 Å². The number of nitro benzene ring substituents is 1. The molecule has 0 unspecified atom stereocenters. The van der Waals surface area contributed by atoms with Crippen LogP contribution in [-0.4, -0.2) is 57.2 Å². The van der Waals surface area contributed by atoms with E-state index in [-0.39, 0.29) is 16.9 Å².